The molecular weight excluding hydrogens is 352 g/mol. The van der Waals surface area contributed by atoms with Gasteiger partial charge in [0.15, 0.2) is 0 Å². The molecule has 0 aromatic heterocycles. The van der Waals surface area contributed by atoms with Crippen molar-refractivity contribution in [2.45, 2.75) is 31.8 Å². The number of anilines is 1. The Hall–Kier alpha value is -2.53. The summed E-state index contributed by atoms with van der Waals surface area (Å²) in [6.45, 7) is 2.78. The van der Waals surface area contributed by atoms with Crippen LogP contribution in [0.15, 0.2) is 42.5 Å². The Bertz CT molecular complexity index is 882. The fraction of sp³-hybridized carbons (Fsp3) is 0.435. The summed E-state index contributed by atoms with van der Waals surface area (Å²) in [5.74, 6) is 1.26. The largest absolute Gasteiger partial charge is 0.497 e. The van der Waals surface area contributed by atoms with Crippen molar-refractivity contribution in [3.8, 4) is 16.9 Å². The summed E-state index contributed by atoms with van der Waals surface area (Å²) in [6, 6.07) is 14.6. The zero-order chi connectivity index (χ0) is 19.8. The van der Waals surface area contributed by atoms with Gasteiger partial charge in [-0.15, -0.1) is 0 Å². The summed E-state index contributed by atoms with van der Waals surface area (Å²) >= 11 is 0. The van der Waals surface area contributed by atoms with Crippen LogP contribution in [0, 0.1) is 5.92 Å². The van der Waals surface area contributed by atoms with Gasteiger partial charge in [0.1, 0.15) is 5.75 Å². The van der Waals surface area contributed by atoms with Gasteiger partial charge in [0.25, 0.3) is 0 Å². The van der Waals surface area contributed by atoms with Crippen LogP contribution in [0.2, 0.25) is 0 Å². The van der Waals surface area contributed by atoms with Gasteiger partial charge >= 0.3 is 0 Å². The molecule has 0 saturated carbocycles. The van der Waals surface area contributed by atoms with Crippen molar-refractivity contribution in [3.63, 3.8) is 0 Å². The van der Waals surface area contributed by atoms with Crippen LogP contribution < -0.4 is 9.64 Å². The average molecular weight is 380 g/mol. The molecule has 0 aliphatic carbocycles. The molecule has 2 aromatic rings. The van der Waals surface area contributed by atoms with E-state index in [1.165, 1.54) is 5.56 Å². The van der Waals surface area contributed by atoms with Gasteiger partial charge in [-0.3, -0.25) is 4.79 Å². The van der Waals surface area contributed by atoms with Crippen LogP contribution in [0.5, 0.6) is 5.75 Å². The highest BCUT2D eigenvalue weighted by molar-refractivity contribution is 5.79. The molecule has 1 amide bonds. The lowest BCUT2D eigenvalue weighted by Crippen LogP contribution is -2.48. The van der Waals surface area contributed by atoms with Crippen LogP contribution in [-0.2, 0) is 4.79 Å². The van der Waals surface area contributed by atoms with Crippen molar-refractivity contribution in [1.29, 1.82) is 0 Å². The molecule has 0 unspecified atom stereocenters. The van der Waals surface area contributed by atoms with Crippen LogP contribution in [0.3, 0.4) is 0 Å². The predicted octanol–water partition coefficient (Wildman–Crippen LogP) is 3.47. The molecule has 28 heavy (non-hydrogen) atoms. The summed E-state index contributed by atoms with van der Waals surface area (Å²) in [7, 11) is 3.72. The molecule has 5 nitrogen and oxygen atoms in total. The quantitative estimate of drug-likeness (QED) is 0.882. The van der Waals surface area contributed by atoms with Crippen molar-refractivity contribution in [2.24, 2.45) is 5.92 Å². The summed E-state index contributed by atoms with van der Waals surface area (Å²) < 4.78 is 5.38. The van der Waals surface area contributed by atoms with E-state index in [4.69, 9.17) is 4.74 Å². The Labute approximate surface area is 166 Å². The number of nitrogens with zero attached hydrogens (tertiary/aromatic N) is 2. The van der Waals surface area contributed by atoms with Gasteiger partial charge in [-0.1, -0.05) is 25.1 Å². The molecule has 3 atom stereocenters. The predicted molar refractivity (Wildman–Crippen MR) is 111 cm³/mol. The molecule has 1 fully saturated rings. The minimum absolute atomic E-state index is 0.0290. The highest BCUT2D eigenvalue weighted by Crippen LogP contribution is 2.49. The standard InChI is InChI=1S/C23H28N2O3/c1-4-22(27)25-11-10-18-21(14-26)24(2)20-9-8-16(13-19(20)23(18)25)15-6-5-7-17(12-15)28-3/h5-9,12-13,18,21,23,26H,4,10-11,14H2,1-3H3/t18-,21-,23-/m1/s1. The van der Waals surface area contributed by atoms with Gasteiger partial charge in [-0.25, -0.2) is 0 Å². The molecule has 0 bridgehead atoms. The van der Waals surface area contributed by atoms with E-state index in [9.17, 15) is 9.90 Å². The molecule has 2 aliphatic heterocycles. The molecule has 1 N–H and O–H groups in total. The van der Waals surface area contributed by atoms with Crippen LogP contribution in [0.25, 0.3) is 11.1 Å². The number of aliphatic hydroxyl groups is 1. The van der Waals surface area contributed by atoms with Crippen molar-refractivity contribution >= 4 is 11.6 Å². The second-order valence-electron chi connectivity index (χ2n) is 7.70. The maximum Gasteiger partial charge on any atom is 0.222 e. The molecule has 148 valence electrons. The summed E-state index contributed by atoms with van der Waals surface area (Å²) in [6.07, 6.45) is 1.43. The number of methoxy groups -OCH3 is 1. The number of hydrogen-bond donors (Lipinski definition) is 1. The third kappa shape index (κ3) is 2.94. The molecule has 1 saturated heterocycles. The number of aliphatic hydroxyl groups excluding tert-OH is 1. The first-order chi connectivity index (χ1) is 13.6. The average Bonchev–Trinajstić information content (AvgIpc) is 3.18. The Morgan fingerprint density at radius 2 is 2.00 bits per heavy atom. The zero-order valence-electron chi connectivity index (χ0n) is 16.8. The number of hydrogen-bond acceptors (Lipinski definition) is 4. The second kappa shape index (κ2) is 7.47. The number of likely N-dealkylation sites (N-methyl/N-ethyl adjacent to an activating group) is 1. The van der Waals surface area contributed by atoms with Crippen LogP contribution >= 0.6 is 0 Å². The van der Waals surface area contributed by atoms with E-state index in [-0.39, 0.29) is 30.5 Å². The van der Waals surface area contributed by atoms with Crippen molar-refractivity contribution in [2.75, 3.05) is 32.2 Å². The highest BCUT2D eigenvalue weighted by atomic mass is 16.5. The number of fused-ring (bicyclic) bond motifs is 3. The summed E-state index contributed by atoms with van der Waals surface area (Å²) in [4.78, 5) is 16.8. The van der Waals surface area contributed by atoms with Gasteiger partial charge in [0.05, 0.1) is 25.8 Å². The molecule has 2 heterocycles. The monoisotopic (exact) mass is 380 g/mol. The van der Waals surface area contributed by atoms with E-state index in [1.54, 1.807) is 7.11 Å². The topological polar surface area (TPSA) is 53.0 Å². The van der Waals surface area contributed by atoms with Crippen molar-refractivity contribution < 1.29 is 14.6 Å². The molecule has 5 heteroatoms. The maximum absolute atomic E-state index is 12.6. The fourth-order valence-electron chi connectivity index (χ4n) is 4.92. The Morgan fingerprint density at radius 1 is 1.21 bits per heavy atom. The first-order valence-electron chi connectivity index (χ1n) is 10.0. The first-order valence-corrected chi connectivity index (χ1v) is 10.0. The Kier molecular flexibility index (Phi) is 5.02. The zero-order valence-corrected chi connectivity index (χ0v) is 16.8. The van der Waals surface area contributed by atoms with Gasteiger partial charge in [0, 0.05) is 31.6 Å². The van der Waals surface area contributed by atoms with E-state index in [0.717, 1.165) is 35.5 Å². The van der Waals surface area contributed by atoms with E-state index < -0.39 is 0 Å². The molecular formula is C23H28N2O3. The normalized spacial score (nSPS) is 23.4. The van der Waals surface area contributed by atoms with Crippen LogP contribution in [0.1, 0.15) is 31.4 Å². The number of carbonyl (C=O) groups excluding carboxylic acids is 1. The maximum atomic E-state index is 12.6. The number of ether oxygens (including phenoxy) is 1. The van der Waals surface area contributed by atoms with Gasteiger partial charge in [-0.05, 0) is 47.4 Å². The lowest BCUT2D eigenvalue weighted by atomic mass is 9.81. The van der Waals surface area contributed by atoms with Crippen LogP contribution in [-0.4, -0.2) is 49.3 Å². The van der Waals surface area contributed by atoms with Crippen molar-refractivity contribution in [3.05, 3.63) is 48.0 Å². The molecule has 2 aliphatic rings. The van der Waals surface area contributed by atoms with E-state index in [0.29, 0.717) is 6.42 Å². The third-order valence-electron chi connectivity index (χ3n) is 6.38. The SMILES string of the molecule is CCC(=O)N1CC[C@@H]2[C@@H](CO)N(C)c3ccc(-c4cccc(OC)c4)cc3[C@@H]21. The van der Waals surface area contributed by atoms with E-state index in [2.05, 4.69) is 29.2 Å². The summed E-state index contributed by atoms with van der Waals surface area (Å²) in [5.41, 5.74) is 4.49. The van der Waals surface area contributed by atoms with E-state index in [1.807, 2.05) is 37.1 Å². The minimum atomic E-state index is 0.0290. The number of amides is 1. The van der Waals surface area contributed by atoms with Gasteiger partial charge in [-0.2, -0.15) is 0 Å². The summed E-state index contributed by atoms with van der Waals surface area (Å²) in [5, 5.41) is 10.0. The van der Waals surface area contributed by atoms with Crippen molar-refractivity contribution in [1.82, 2.24) is 4.90 Å². The number of benzene rings is 2. The third-order valence-corrected chi connectivity index (χ3v) is 6.38. The minimum Gasteiger partial charge on any atom is -0.497 e. The number of likely N-dealkylation sites (tertiary alicyclic amines) is 1. The Morgan fingerprint density at radius 3 is 2.71 bits per heavy atom. The lowest BCUT2D eigenvalue weighted by Gasteiger charge is -2.44. The smallest absolute Gasteiger partial charge is 0.222 e. The number of carbonyl (C=O) groups is 1. The number of rotatable bonds is 4. The van der Waals surface area contributed by atoms with Gasteiger partial charge in [0.2, 0.25) is 5.91 Å². The lowest BCUT2D eigenvalue weighted by molar-refractivity contribution is -0.132. The molecule has 2 aromatic carbocycles. The molecule has 0 spiro atoms. The highest BCUT2D eigenvalue weighted by Gasteiger charge is 2.47. The molecule has 0 radical (unpaired) electrons. The van der Waals surface area contributed by atoms with Gasteiger partial charge < -0.3 is 19.6 Å². The molecule has 4 rings (SSSR count). The fourth-order valence-corrected chi connectivity index (χ4v) is 4.92. The second-order valence-corrected chi connectivity index (χ2v) is 7.70. The van der Waals surface area contributed by atoms with Crippen LogP contribution in [0.4, 0.5) is 5.69 Å². The Balaban J connectivity index is 1.82. The first kappa shape index (κ1) is 18.8. The van der Waals surface area contributed by atoms with E-state index >= 15 is 0 Å².